The molecule has 0 spiro atoms. The second-order valence-electron chi connectivity index (χ2n) is 5.91. The number of pyridine rings is 1. The van der Waals surface area contributed by atoms with Crippen molar-refractivity contribution in [2.45, 2.75) is 0 Å². The van der Waals surface area contributed by atoms with Gasteiger partial charge in [0.05, 0.1) is 10.3 Å². The van der Waals surface area contributed by atoms with Gasteiger partial charge in [-0.2, -0.15) is 4.98 Å². The summed E-state index contributed by atoms with van der Waals surface area (Å²) in [5, 5.41) is 14.9. The smallest absolute Gasteiger partial charge is 0.270 e. The Bertz CT molecular complexity index is 1250. The molecule has 2 aromatic carbocycles. The van der Waals surface area contributed by atoms with Gasteiger partial charge in [-0.05, 0) is 35.9 Å². The van der Waals surface area contributed by atoms with Crippen LogP contribution >= 0.6 is 11.6 Å². The summed E-state index contributed by atoms with van der Waals surface area (Å²) >= 11 is 5.87. The van der Waals surface area contributed by atoms with Crippen molar-refractivity contribution in [3.63, 3.8) is 0 Å². The van der Waals surface area contributed by atoms with E-state index in [1.807, 2.05) is 0 Å². The molecular formula is C19H12ClN5O3. The van der Waals surface area contributed by atoms with Crippen LogP contribution in [0.15, 0.2) is 65.6 Å². The lowest BCUT2D eigenvalue weighted by molar-refractivity contribution is -0.384. The lowest BCUT2D eigenvalue weighted by Crippen LogP contribution is -2.13. The zero-order chi connectivity index (χ0) is 19.7. The normalized spacial score (nSPS) is 10.8. The second-order valence-corrected chi connectivity index (χ2v) is 6.35. The Morgan fingerprint density at radius 1 is 1.11 bits per heavy atom. The molecule has 8 nitrogen and oxygen atoms in total. The van der Waals surface area contributed by atoms with Crippen LogP contribution in [0.2, 0.25) is 5.02 Å². The van der Waals surface area contributed by atoms with E-state index in [9.17, 15) is 14.9 Å². The molecule has 0 fully saturated rings. The van der Waals surface area contributed by atoms with E-state index >= 15 is 0 Å². The van der Waals surface area contributed by atoms with Crippen LogP contribution in [0, 0.1) is 10.1 Å². The van der Waals surface area contributed by atoms with Crippen molar-refractivity contribution in [1.82, 2.24) is 15.0 Å². The first-order valence-corrected chi connectivity index (χ1v) is 8.55. The third kappa shape index (κ3) is 3.40. The maximum absolute atomic E-state index is 12.7. The van der Waals surface area contributed by atoms with Crippen molar-refractivity contribution in [1.29, 1.82) is 0 Å². The molecule has 0 amide bonds. The summed E-state index contributed by atoms with van der Waals surface area (Å²) in [6, 6.07) is 14.6. The lowest BCUT2D eigenvalue weighted by Gasteiger charge is -2.08. The van der Waals surface area contributed by atoms with Gasteiger partial charge in [-0.25, -0.2) is 4.98 Å². The summed E-state index contributed by atoms with van der Waals surface area (Å²) in [6.45, 7) is 0. The van der Waals surface area contributed by atoms with Gasteiger partial charge in [-0.1, -0.05) is 23.7 Å². The Morgan fingerprint density at radius 3 is 2.64 bits per heavy atom. The number of halogens is 1. The average Bonchev–Trinajstić information content (AvgIpc) is 2.69. The van der Waals surface area contributed by atoms with Crippen LogP contribution in [0.4, 0.5) is 17.3 Å². The first-order chi connectivity index (χ1) is 13.5. The lowest BCUT2D eigenvalue weighted by atomic mass is 10.0. The molecule has 138 valence electrons. The molecule has 2 aromatic heterocycles. The quantitative estimate of drug-likeness (QED) is 0.395. The van der Waals surface area contributed by atoms with Gasteiger partial charge in [0.15, 0.2) is 5.65 Å². The van der Waals surface area contributed by atoms with Crippen LogP contribution in [0.1, 0.15) is 0 Å². The van der Waals surface area contributed by atoms with Crippen molar-refractivity contribution in [2.24, 2.45) is 0 Å². The zero-order valence-electron chi connectivity index (χ0n) is 14.2. The van der Waals surface area contributed by atoms with E-state index in [2.05, 4.69) is 20.3 Å². The van der Waals surface area contributed by atoms with Gasteiger partial charge in [0.25, 0.3) is 11.2 Å². The van der Waals surface area contributed by atoms with Crippen molar-refractivity contribution in [3.8, 4) is 11.1 Å². The predicted octanol–water partition coefficient (Wildman–Crippen LogP) is 4.29. The number of nitro groups is 1. The molecule has 0 saturated carbocycles. The number of rotatable bonds is 4. The molecule has 0 unspecified atom stereocenters. The highest BCUT2D eigenvalue weighted by Crippen LogP contribution is 2.28. The van der Waals surface area contributed by atoms with Crippen LogP contribution < -0.4 is 10.9 Å². The molecule has 28 heavy (non-hydrogen) atoms. The molecule has 4 aromatic rings. The average molecular weight is 394 g/mol. The van der Waals surface area contributed by atoms with Gasteiger partial charge in [-0.15, -0.1) is 0 Å². The maximum atomic E-state index is 12.7. The molecule has 4 rings (SSSR count). The molecule has 0 saturated heterocycles. The third-order valence-corrected chi connectivity index (χ3v) is 4.33. The SMILES string of the molecule is O=c1[nH]c(Nc2ccc(Cl)cc2)nc2nccc(-c3cccc([N+](=O)[O-])c3)c12. The van der Waals surface area contributed by atoms with Crippen LogP contribution in [0.5, 0.6) is 0 Å². The first kappa shape index (κ1) is 17.6. The number of fused-ring (bicyclic) bond motifs is 1. The van der Waals surface area contributed by atoms with Gasteiger partial charge < -0.3 is 5.32 Å². The largest absolute Gasteiger partial charge is 0.326 e. The van der Waals surface area contributed by atoms with E-state index in [1.54, 1.807) is 42.5 Å². The second kappa shape index (κ2) is 7.09. The Hall–Kier alpha value is -3.78. The molecule has 9 heteroatoms. The Morgan fingerprint density at radius 2 is 1.89 bits per heavy atom. The number of hydrogen-bond acceptors (Lipinski definition) is 6. The van der Waals surface area contributed by atoms with Gasteiger partial charge in [0.2, 0.25) is 5.95 Å². The topological polar surface area (TPSA) is 114 Å². The maximum Gasteiger partial charge on any atom is 0.270 e. The van der Waals surface area contributed by atoms with Crippen LogP contribution in [-0.4, -0.2) is 19.9 Å². The Labute approximate surface area is 163 Å². The van der Waals surface area contributed by atoms with E-state index in [0.29, 0.717) is 21.8 Å². The summed E-state index contributed by atoms with van der Waals surface area (Å²) in [6.07, 6.45) is 1.51. The summed E-state index contributed by atoms with van der Waals surface area (Å²) in [5.41, 5.74) is 1.50. The first-order valence-electron chi connectivity index (χ1n) is 8.18. The van der Waals surface area contributed by atoms with Crippen molar-refractivity contribution in [2.75, 3.05) is 5.32 Å². The minimum atomic E-state index is -0.483. The number of anilines is 2. The van der Waals surface area contributed by atoms with Crippen molar-refractivity contribution in [3.05, 3.63) is 86.3 Å². The van der Waals surface area contributed by atoms with Gasteiger partial charge in [0.1, 0.15) is 0 Å². The minimum Gasteiger partial charge on any atom is -0.326 e. The zero-order valence-corrected chi connectivity index (χ0v) is 15.0. The molecule has 0 aliphatic carbocycles. The fraction of sp³-hybridized carbons (Fsp3) is 0. The number of non-ortho nitro benzene ring substituents is 1. The number of aromatic amines is 1. The Balaban J connectivity index is 1.81. The van der Waals surface area contributed by atoms with E-state index in [-0.39, 0.29) is 22.7 Å². The van der Waals surface area contributed by atoms with Gasteiger partial charge >= 0.3 is 0 Å². The molecular weight excluding hydrogens is 382 g/mol. The number of H-pyrrole nitrogens is 1. The van der Waals surface area contributed by atoms with Crippen LogP contribution in [-0.2, 0) is 0 Å². The summed E-state index contributed by atoms with van der Waals surface area (Å²) in [4.78, 5) is 34.5. The molecule has 0 atom stereocenters. The highest BCUT2D eigenvalue weighted by molar-refractivity contribution is 6.30. The highest BCUT2D eigenvalue weighted by Gasteiger charge is 2.14. The van der Waals surface area contributed by atoms with Crippen LogP contribution in [0.3, 0.4) is 0 Å². The van der Waals surface area contributed by atoms with Crippen LogP contribution in [0.25, 0.3) is 22.2 Å². The molecule has 2 heterocycles. The fourth-order valence-corrected chi connectivity index (χ4v) is 2.95. The number of benzene rings is 2. The van der Waals surface area contributed by atoms with E-state index in [4.69, 9.17) is 11.6 Å². The predicted molar refractivity (Wildman–Crippen MR) is 107 cm³/mol. The number of nitrogens with zero attached hydrogens (tertiary/aromatic N) is 3. The molecule has 0 aliphatic rings. The molecule has 0 radical (unpaired) electrons. The third-order valence-electron chi connectivity index (χ3n) is 4.08. The number of nitro benzene ring substituents is 1. The van der Waals surface area contributed by atoms with E-state index < -0.39 is 10.5 Å². The molecule has 0 aliphatic heterocycles. The minimum absolute atomic E-state index is 0.0622. The highest BCUT2D eigenvalue weighted by atomic mass is 35.5. The van der Waals surface area contributed by atoms with Crippen molar-refractivity contribution < 1.29 is 4.92 Å². The van der Waals surface area contributed by atoms with Gasteiger partial charge in [-0.3, -0.25) is 19.9 Å². The van der Waals surface area contributed by atoms with Gasteiger partial charge in [0, 0.05) is 34.6 Å². The monoisotopic (exact) mass is 393 g/mol. The van der Waals surface area contributed by atoms with E-state index in [0.717, 1.165) is 0 Å². The number of hydrogen-bond donors (Lipinski definition) is 2. The molecule has 2 N–H and O–H groups in total. The van der Waals surface area contributed by atoms with Crippen molar-refractivity contribution >= 4 is 40.0 Å². The summed E-state index contributed by atoms with van der Waals surface area (Å²) < 4.78 is 0. The number of nitrogens with one attached hydrogen (secondary N) is 2. The summed E-state index contributed by atoms with van der Waals surface area (Å²) in [7, 11) is 0. The van der Waals surface area contributed by atoms with E-state index in [1.165, 1.54) is 18.3 Å². The Kier molecular flexibility index (Phi) is 4.46. The standard InChI is InChI=1S/C19H12ClN5O3/c20-12-4-6-13(7-5-12)22-19-23-17-16(18(26)24-19)15(8-9-21-17)11-2-1-3-14(10-11)25(27)28/h1-10H,(H2,21,22,23,24,26). The molecule has 0 bridgehead atoms. The fourth-order valence-electron chi connectivity index (χ4n) is 2.82. The summed E-state index contributed by atoms with van der Waals surface area (Å²) in [5.74, 6) is 0.225. The number of aromatic nitrogens is 3.